The van der Waals surface area contributed by atoms with Crippen molar-refractivity contribution in [1.29, 1.82) is 0 Å². The van der Waals surface area contributed by atoms with Crippen LogP contribution in [0.25, 0.3) is 0 Å². The van der Waals surface area contributed by atoms with Crippen molar-refractivity contribution in [2.24, 2.45) is 11.8 Å². The van der Waals surface area contributed by atoms with Gasteiger partial charge in [0.15, 0.2) is 0 Å². The van der Waals surface area contributed by atoms with Crippen molar-refractivity contribution in [3.8, 4) is 0 Å². The van der Waals surface area contributed by atoms with Gasteiger partial charge < -0.3 is 4.90 Å². The van der Waals surface area contributed by atoms with Crippen molar-refractivity contribution in [2.75, 3.05) is 13.1 Å². The number of aromatic nitrogens is 3. The predicted molar refractivity (Wildman–Crippen MR) is 78.1 cm³/mol. The van der Waals surface area contributed by atoms with E-state index in [9.17, 15) is 4.79 Å². The highest BCUT2D eigenvalue weighted by Crippen LogP contribution is 2.24. The van der Waals surface area contributed by atoms with Gasteiger partial charge in [0, 0.05) is 19.5 Å². The first-order valence-corrected chi connectivity index (χ1v) is 7.73. The van der Waals surface area contributed by atoms with Gasteiger partial charge in [-0.25, -0.2) is 9.67 Å². The van der Waals surface area contributed by atoms with Crippen LogP contribution >= 0.6 is 0 Å². The van der Waals surface area contributed by atoms with E-state index in [4.69, 9.17) is 0 Å². The average Bonchev–Trinajstić information content (AvgIpc) is 2.98. The summed E-state index contributed by atoms with van der Waals surface area (Å²) in [6.07, 6.45) is 7.19. The van der Waals surface area contributed by atoms with E-state index in [0.717, 1.165) is 32.4 Å². The van der Waals surface area contributed by atoms with Gasteiger partial charge in [-0.1, -0.05) is 27.2 Å². The molecule has 1 saturated heterocycles. The van der Waals surface area contributed by atoms with Gasteiger partial charge in [0.25, 0.3) is 0 Å². The molecule has 1 fully saturated rings. The largest absolute Gasteiger partial charge is 0.341 e. The number of nitrogens with zero attached hydrogens (tertiary/aromatic N) is 4. The molecular weight excluding hydrogens is 252 g/mol. The number of hydrogen-bond donors (Lipinski definition) is 0. The van der Waals surface area contributed by atoms with Crippen molar-refractivity contribution in [2.45, 2.75) is 52.5 Å². The second kappa shape index (κ2) is 6.86. The number of carbonyl (C=O) groups is 1. The Balaban J connectivity index is 1.93. The minimum Gasteiger partial charge on any atom is -0.341 e. The summed E-state index contributed by atoms with van der Waals surface area (Å²) in [4.78, 5) is 18.5. The van der Waals surface area contributed by atoms with Crippen LogP contribution in [0.4, 0.5) is 0 Å². The van der Waals surface area contributed by atoms with E-state index in [1.54, 1.807) is 12.7 Å². The summed E-state index contributed by atoms with van der Waals surface area (Å²) in [5, 5.41) is 4.21. The van der Waals surface area contributed by atoms with Crippen molar-refractivity contribution in [1.82, 2.24) is 19.7 Å². The lowest BCUT2D eigenvalue weighted by Crippen LogP contribution is -2.41. The zero-order valence-corrected chi connectivity index (χ0v) is 12.8. The Bertz CT molecular complexity index is 416. The Hall–Kier alpha value is -1.39. The highest BCUT2D eigenvalue weighted by Gasteiger charge is 2.27. The van der Waals surface area contributed by atoms with Crippen LogP contribution in [0, 0.1) is 11.8 Å². The Morgan fingerprint density at radius 1 is 1.45 bits per heavy atom. The zero-order chi connectivity index (χ0) is 14.5. The maximum absolute atomic E-state index is 12.5. The Morgan fingerprint density at radius 2 is 2.25 bits per heavy atom. The maximum Gasteiger partial charge on any atom is 0.222 e. The summed E-state index contributed by atoms with van der Waals surface area (Å²) < 4.78 is 1.89. The van der Waals surface area contributed by atoms with Crippen molar-refractivity contribution >= 4 is 5.91 Å². The lowest BCUT2D eigenvalue weighted by atomic mass is 9.89. The zero-order valence-electron chi connectivity index (χ0n) is 12.8. The molecule has 0 unspecified atom stereocenters. The molecule has 5 nitrogen and oxygen atoms in total. The van der Waals surface area contributed by atoms with Gasteiger partial charge >= 0.3 is 0 Å². The summed E-state index contributed by atoms with van der Waals surface area (Å²) in [5.41, 5.74) is 0. The van der Waals surface area contributed by atoms with Crippen LogP contribution in [-0.4, -0.2) is 38.7 Å². The molecular formula is C15H26N4O. The van der Waals surface area contributed by atoms with Gasteiger partial charge in [0.2, 0.25) is 5.91 Å². The predicted octanol–water partition coefficient (Wildman–Crippen LogP) is 2.51. The molecule has 20 heavy (non-hydrogen) atoms. The quantitative estimate of drug-likeness (QED) is 0.831. The molecule has 112 valence electrons. The molecule has 0 aromatic carbocycles. The highest BCUT2D eigenvalue weighted by atomic mass is 16.2. The third-order valence-electron chi connectivity index (χ3n) is 4.46. The summed E-state index contributed by atoms with van der Waals surface area (Å²) in [7, 11) is 0. The molecule has 2 rings (SSSR count). The fourth-order valence-electron chi connectivity index (χ4n) is 3.01. The number of rotatable bonds is 5. The normalized spacial score (nSPS) is 21.2. The summed E-state index contributed by atoms with van der Waals surface area (Å²) >= 11 is 0. The van der Waals surface area contributed by atoms with Crippen LogP contribution in [0.3, 0.4) is 0 Å². The molecule has 0 radical (unpaired) electrons. The number of hydrogen-bond acceptors (Lipinski definition) is 3. The van der Waals surface area contributed by atoms with Crippen LogP contribution < -0.4 is 0 Å². The number of carbonyl (C=O) groups excluding carboxylic acids is 1. The Kier molecular flexibility index (Phi) is 5.15. The first-order valence-electron chi connectivity index (χ1n) is 7.73. The van der Waals surface area contributed by atoms with Gasteiger partial charge in [0.05, 0.1) is 6.04 Å². The van der Waals surface area contributed by atoms with Gasteiger partial charge in [-0.15, -0.1) is 0 Å². The third-order valence-corrected chi connectivity index (χ3v) is 4.46. The first-order chi connectivity index (χ1) is 9.61. The number of piperidine rings is 1. The summed E-state index contributed by atoms with van der Waals surface area (Å²) in [6, 6.07) is 0.286. The molecule has 1 aliphatic rings. The van der Waals surface area contributed by atoms with E-state index in [2.05, 4.69) is 30.9 Å². The number of amides is 1. The van der Waals surface area contributed by atoms with E-state index in [1.165, 1.54) is 0 Å². The van der Waals surface area contributed by atoms with Gasteiger partial charge in [-0.05, 0) is 24.7 Å². The molecule has 2 heterocycles. The highest BCUT2D eigenvalue weighted by molar-refractivity contribution is 5.76. The van der Waals surface area contributed by atoms with Crippen LogP contribution in [0.1, 0.15) is 52.5 Å². The van der Waals surface area contributed by atoms with Crippen LogP contribution in [-0.2, 0) is 4.79 Å². The standard InChI is InChI=1S/C15H26N4O/c1-4-13(12(2)3)8-15(20)18-7-5-6-14(9-18)19-11-16-10-17-19/h10-14H,4-9H2,1-3H3/t13-,14-/m1/s1. The SMILES string of the molecule is CC[C@H](CC(=O)N1CCC[C@@H](n2cncn2)C1)C(C)C. The van der Waals surface area contributed by atoms with E-state index in [0.29, 0.717) is 24.2 Å². The minimum absolute atomic E-state index is 0.286. The monoisotopic (exact) mass is 278 g/mol. The number of likely N-dealkylation sites (tertiary alicyclic amines) is 1. The minimum atomic E-state index is 0.286. The molecule has 5 heteroatoms. The first kappa shape index (κ1) is 15.0. The second-order valence-electron chi connectivity index (χ2n) is 6.13. The molecule has 0 bridgehead atoms. The smallest absolute Gasteiger partial charge is 0.222 e. The second-order valence-corrected chi connectivity index (χ2v) is 6.13. The summed E-state index contributed by atoms with van der Waals surface area (Å²) in [6.45, 7) is 8.24. The maximum atomic E-state index is 12.5. The molecule has 0 aliphatic carbocycles. The molecule has 0 saturated carbocycles. The molecule has 0 N–H and O–H groups in total. The lowest BCUT2D eigenvalue weighted by Gasteiger charge is -2.34. The van der Waals surface area contributed by atoms with E-state index >= 15 is 0 Å². The van der Waals surface area contributed by atoms with Gasteiger partial charge in [-0.3, -0.25) is 4.79 Å². The van der Waals surface area contributed by atoms with Crippen molar-refractivity contribution < 1.29 is 4.79 Å². The van der Waals surface area contributed by atoms with E-state index < -0.39 is 0 Å². The lowest BCUT2D eigenvalue weighted by molar-refractivity contribution is -0.134. The van der Waals surface area contributed by atoms with Crippen LogP contribution in [0.5, 0.6) is 0 Å². The van der Waals surface area contributed by atoms with Gasteiger partial charge in [-0.2, -0.15) is 5.10 Å². The molecule has 2 atom stereocenters. The van der Waals surface area contributed by atoms with Crippen molar-refractivity contribution in [3.05, 3.63) is 12.7 Å². The van der Waals surface area contributed by atoms with E-state index in [-0.39, 0.29) is 6.04 Å². The molecule has 1 aliphatic heterocycles. The molecule has 1 aromatic heterocycles. The fourth-order valence-corrected chi connectivity index (χ4v) is 3.01. The average molecular weight is 278 g/mol. The van der Waals surface area contributed by atoms with Crippen molar-refractivity contribution in [3.63, 3.8) is 0 Å². The fraction of sp³-hybridized carbons (Fsp3) is 0.800. The molecule has 1 amide bonds. The van der Waals surface area contributed by atoms with E-state index in [1.807, 2.05) is 9.58 Å². The summed E-state index contributed by atoms with van der Waals surface area (Å²) in [5.74, 6) is 1.37. The van der Waals surface area contributed by atoms with Gasteiger partial charge in [0.1, 0.15) is 12.7 Å². The Labute approximate surface area is 121 Å². The van der Waals surface area contributed by atoms with Crippen LogP contribution in [0.2, 0.25) is 0 Å². The Morgan fingerprint density at radius 3 is 2.85 bits per heavy atom. The molecule has 1 aromatic rings. The molecule has 0 spiro atoms. The third kappa shape index (κ3) is 3.58. The van der Waals surface area contributed by atoms with Crippen LogP contribution in [0.15, 0.2) is 12.7 Å². The topological polar surface area (TPSA) is 51.0 Å².